The van der Waals surface area contributed by atoms with Crippen LogP contribution in [0.1, 0.15) is 35.3 Å². The van der Waals surface area contributed by atoms with Gasteiger partial charge in [0.25, 0.3) is 0 Å². The highest BCUT2D eigenvalue weighted by Gasteiger charge is 2.20. The van der Waals surface area contributed by atoms with Crippen LogP contribution >= 0.6 is 0 Å². The van der Waals surface area contributed by atoms with Gasteiger partial charge in [-0.2, -0.15) is 0 Å². The molecule has 0 unspecified atom stereocenters. The Morgan fingerprint density at radius 3 is 2.39 bits per heavy atom. The Morgan fingerprint density at radius 2 is 1.75 bits per heavy atom. The first-order valence-corrected chi connectivity index (χ1v) is 9.30. The predicted octanol–water partition coefficient (Wildman–Crippen LogP) is 2.95. The summed E-state index contributed by atoms with van der Waals surface area (Å²) in [7, 11) is 0. The maximum absolute atomic E-state index is 12.2. The summed E-state index contributed by atoms with van der Waals surface area (Å²) in [5, 5.41) is 9.16. The lowest BCUT2D eigenvalue weighted by Gasteiger charge is -2.15. The maximum atomic E-state index is 12.2. The summed E-state index contributed by atoms with van der Waals surface area (Å²) >= 11 is 0. The molecule has 0 aliphatic carbocycles. The number of rotatable bonds is 11. The Morgan fingerprint density at radius 1 is 1.00 bits per heavy atom. The molecule has 0 heterocycles. The summed E-state index contributed by atoms with van der Waals surface area (Å²) < 4.78 is 16.1. The van der Waals surface area contributed by atoms with Gasteiger partial charge in [0, 0.05) is 18.6 Å². The van der Waals surface area contributed by atoms with Gasteiger partial charge in [-0.1, -0.05) is 30.3 Å². The van der Waals surface area contributed by atoms with Crippen molar-refractivity contribution in [3.8, 4) is 5.75 Å². The van der Waals surface area contributed by atoms with E-state index in [1.807, 2.05) is 19.1 Å². The Kier molecular flexibility index (Phi) is 8.65. The zero-order valence-electron chi connectivity index (χ0n) is 16.2. The van der Waals surface area contributed by atoms with E-state index in [1.165, 1.54) is 0 Å². The largest absolute Gasteiger partial charge is 0.485 e. The third-order valence-electron chi connectivity index (χ3n) is 4.06. The first-order valence-electron chi connectivity index (χ1n) is 9.30. The lowest BCUT2D eigenvalue weighted by atomic mass is 10.1. The standard InChI is InChI=1S/C22H26O6/c1-3-26-21(22(25)27-4-2)13-16-8-10-19(11-9-16)28-15-20(24)18-7-5-6-17(12-18)14-23/h5-12,21,23H,3-4,13-15H2,1-2H3/t21-/m1/s1. The number of aliphatic hydroxyl groups is 1. The smallest absolute Gasteiger partial charge is 0.335 e. The molecule has 1 atom stereocenters. The quantitative estimate of drug-likeness (QED) is 0.472. The van der Waals surface area contributed by atoms with Crippen LogP contribution in [0.4, 0.5) is 0 Å². The van der Waals surface area contributed by atoms with Gasteiger partial charge < -0.3 is 19.3 Å². The Hall–Kier alpha value is -2.70. The fraction of sp³-hybridized carbons (Fsp3) is 0.364. The zero-order valence-corrected chi connectivity index (χ0v) is 16.2. The molecule has 0 aliphatic heterocycles. The number of esters is 1. The molecular formula is C22H26O6. The number of aliphatic hydroxyl groups excluding tert-OH is 1. The molecule has 150 valence electrons. The lowest BCUT2D eigenvalue weighted by Crippen LogP contribution is -2.28. The molecule has 0 saturated heterocycles. The molecule has 2 rings (SSSR count). The topological polar surface area (TPSA) is 82.1 Å². The van der Waals surface area contributed by atoms with Crippen LogP contribution < -0.4 is 4.74 Å². The molecule has 0 radical (unpaired) electrons. The van der Waals surface area contributed by atoms with Crippen LogP contribution in [-0.2, 0) is 27.3 Å². The summed E-state index contributed by atoms with van der Waals surface area (Å²) in [6.45, 7) is 4.11. The normalized spacial score (nSPS) is 11.7. The van der Waals surface area contributed by atoms with Crippen LogP contribution in [0.2, 0.25) is 0 Å². The van der Waals surface area contributed by atoms with E-state index in [4.69, 9.17) is 19.3 Å². The van der Waals surface area contributed by atoms with E-state index >= 15 is 0 Å². The minimum absolute atomic E-state index is 0.0986. The molecule has 6 nitrogen and oxygen atoms in total. The molecule has 2 aromatic rings. The molecule has 0 aromatic heterocycles. The van der Waals surface area contributed by atoms with E-state index in [1.54, 1.807) is 43.3 Å². The Labute approximate surface area is 165 Å². The van der Waals surface area contributed by atoms with Gasteiger partial charge in [-0.15, -0.1) is 0 Å². The minimum atomic E-state index is -0.642. The third-order valence-corrected chi connectivity index (χ3v) is 4.06. The molecule has 0 spiro atoms. The molecule has 0 aliphatic rings. The predicted molar refractivity (Wildman–Crippen MR) is 104 cm³/mol. The van der Waals surface area contributed by atoms with Crippen LogP contribution in [0.15, 0.2) is 48.5 Å². The van der Waals surface area contributed by atoms with Crippen molar-refractivity contribution in [3.63, 3.8) is 0 Å². The third kappa shape index (κ3) is 6.48. The number of Topliss-reactive ketones (excluding diaryl/α,β-unsaturated/α-hetero) is 1. The first kappa shape index (κ1) is 21.6. The van der Waals surface area contributed by atoms with Gasteiger partial charge in [-0.25, -0.2) is 4.79 Å². The maximum Gasteiger partial charge on any atom is 0.335 e. The van der Waals surface area contributed by atoms with Crippen molar-refractivity contribution >= 4 is 11.8 Å². The van der Waals surface area contributed by atoms with Gasteiger partial charge in [0.1, 0.15) is 5.75 Å². The monoisotopic (exact) mass is 386 g/mol. The van der Waals surface area contributed by atoms with Crippen molar-refractivity contribution in [1.82, 2.24) is 0 Å². The Balaban J connectivity index is 1.92. The highest BCUT2D eigenvalue weighted by molar-refractivity contribution is 5.97. The number of carbonyl (C=O) groups excluding carboxylic acids is 2. The van der Waals surface area contributed by atoms with E-state index in [-0.39, 0.29) is 25.0 Å². The number of benzene rings is 2. The Bertz CT molecular complexity index is 769. The molecule has 0 amide bonds. The van der Waals surface area contributed by atoms with Gasteiger partial charge in [-0.3, -0.25) is 4.79 Å². The van der Waals surface area contributed by atoms with Crippen molar-refractivity contribution < 1.29 is 28.9 Å². The first-order chi connectivity index (χ1) is 13.6. The lowest BCUT2D eigenvalue weighted by molar-refractivity contribution is -0.156. The number of hydrogen-bond donors (Lipinski definition) is 1. The number of hydrogen-bond acceptors (Lipinski definition) is 6. The summed E-state index contributed by atoms with van der Waals surface area (Å²) in [6.07, 6.45) is -0.239. The SMILES string of the molecule is CCOC(=O)[C@@H](Cc1ccc(OCC(=O)c2cccc(CO)c2)cc1)OCC. The summed E-state index contributed by atoms with van der Waals surface area (Å²) in [5.41, 5.74) is 2.08. The molecule has 0 saturated carbocycles. The van der Waals surface area contributed by atoms with E-state index in [9.17, 15) is 9.59 Å². The van der Waals surface area contributed by atoms with E-state index in [0.29, 0.717) is 36.5 Å². The van der Waals surface area contributed by atoms with Crippen molar-refractivity contribution in [2.24, 2.45) is 0 Å². The van der Waals surface area contributed by atoms with Crippen molar-refractivity contribution in [1.29, 1.82) is 0 Å². The van der Waals surface area contributed by atoms with Crippen molar-refractivity contribution in [3.05, 3.63) is 65.2 Å². The summed E-state index contributed by atoms with van der Waals surface area (Å²) in [4.78, 5) is 24.2. The molecular weight excluding hydrogens is 360 g/mol. The average Bonchev–Trinajstić information content (AvgIpc) is 2.72. The van der Waals surface area contributed by atoms with E-state index in [0.717, 1.165) is 5.56 Å². The highest BCUT2D eigenvalue weighted by atomic mass is 16.6. The fourth-order valence-corrected chi connectivity index (χ4v) is 2.66. The van der Waals surface area contributed by atoms with E-state index in [2.05, 4.69) is 0 Å². The summed E-state index contributed by atoms with van der Waals surface area (Å²) in [5.74, 6) is 0.0120. The van der Waals surface area contributed by atoms with Crippen molar-refractivity contribution in [2.45, 2.75) is 33.0 Å². The minimum Gasteiger partial charge on any atom is -0.485 e. The number of ether oxygens (including phenoxy) is 3. The number of carbonyl (C=O) groups is 2. The van der Waals surface area contributed by atoms with Gasteiger partial charge in [0.2, 0.25) is 0 Å². The fourth-order valence-electron chi connectivity index (χ4n) is 2.66. The molecule has 6 heteroatoms. The second-order valence-electron chi connectivity index (χ2n) is 6.11. The molecule has 28 heavy (non-hydrogen) atoms. The van der Waals surface area contributed by atoms with Gasteiger partial charge in [0.15, 0.2) is 18.5 Å². The van der Waals surface area contributed by atoms with Crippen LogP contribution in [0.3, 0.4) is 0 Å². The van der Waals surface area contributed by atoms with Crippen molar-refractivity contribution in [2.75, 3.05) is 19.8 Å². The molecule has 2 aromatic carbocycles. The van der Waals surface area contributed by atoms with Crippen LogP contribution in [-0.4, -0.2) is 42.8 Å². The summed E-state index contributed by atoms with van der Waals surface area (Å²) in [6, 6.07) is 14.0. The zero-order chi connectivity index (χ0) is 20.4. The highest BCUT2D eigenvalue weighted by Crippen LogP contribution is 2.16. The number of ketones is 1. The van der Waals surface area contributed by atoms with Gasteiger partial charge >= 0.3 is 5.97 Å². The van der Waals surface area contributed by atoms with Crippen LogP contribution in [0.5, 0.6) is 5.75 Å². The average molecular weight is 386 g/mol. The second kappa shape index (κ2) is 11.2. The van der Waals surface area contributed by atoms with Crippen LogP contribution in [0.25, 0.3) is 0 Å². The molecule has 0 fully saturated rings. The molecule has 0 bridgehead atoms. The van der Waals surface area contributed by atoms with E-state index < -0.39 is 6.10 Å². The second-order valence-corrected chi connectivity index (χ2v) is 6.11. The molecule has 1 N–H and O–H groups in total. The van der Waals surface area contributed by atoms with Crippen LogP contribution in [0, 0.1) is 0 Å². The van der Waals surface area contributed by atoms with Gasteiger partial charge in [-0.05, 0) is 43.2 Å². The van der Waals surface area contributed by atoms with Gasteiger partial charge in [0.05, 0.1) is 13.2 Å².